The predicted molar refractivity (Wildman–Crippen MR) is 124 cm³/mol. The molecule has 2 aromatic carbocycles. The first-order chi connectivity index (χ1) is 15.6. The van der Waals surface area contributed by atoms with Gasteiger partial charge >= 0.3 is 0 Å². The van der Waals surface area contributed by atoms with Gasteiger partial charge in [-0.3, -0.25) is 9.59 Å². The maximum atomic E-state index is 13.0. The van der Waals surface area contributed by atoms with E-state index < -0.39 is 27.8 Å². The van der Waals surface area contributed by atoms with E-state index in [2.05, 4.69) is 0 Å². The Kier molecular flexibility index (Phi) is 7.58. The van der Waals surface area contributed by atoms with Crippen LogP contribution in [0.25, 0.3) is 5.76 Å². The van der Waals surface area contributed by atoms with Gasteiger partial charge in [0.2, 0.25) is 10.0 Å². The van der Waals surface area contributed by atoms with E-state index in [9.17, 15) is 23.1 Å². The molecule has 1 aliphatic rings. The number of methoxy groups -OCH3 is 1. The lowest BCUT2D eigenvalue weighted by Crippen LogP contribution is -2.31. The zero-order chi connectivity index (χ0) is 24.3. The number of ketones is 1. The van der Waals surface area contributed by atoms with Gasteiger partial charge in [0.15, 0.2) is 0 Å². The maximum Gasteiger partial charge on any atom is 0.295 e. The Morgan fingerprint density at radius 3 is 2.24 bits per heavy atom. The number of aliphatic hydroxyl groups is 1. The van der Waals surface area contributed by atoms with Crippen LogP contribution in [0.2, 0.25) is 5.02 Å². The Hall–Kier alpha value is -2.72. The lowest BCUT2D eigenvalue weighted by atomic mass is 9.95. The third-order valence-corrected chi connectivity index (χ3v) is 7.46. The molecule has 0 saturated carbocycles. The van der Waals surface area contributed by atoms with E-state index in [1.807, 2.05) is 0 Å². The summed E-state index contributed by atoms with van der Waals surface area (Å²) < 4.78 is 30.8. The van der Waals surface area contributed by atoms with Gasteiger partial charge < -0.3 is 14.7 Å². The highest BCUT2D eigenvalue weighted by atomic mass is 35.5. The fourth-order valence-electron chi connectivity index (χ4n) is 3.63. The molecule has 0 aliphatic carbocycles. The smallest absolute Gasteiger partial charge is 0.295 e. The Balaban J connectivity index is 2.09. The lowest BCUT2D eigenvalue weighted by molar-refractivity contribution is -0.140. The van der Waals surface area contributed by atoms with E-state index in [4.69, 9.17) is 16.3 Å². The van der Waals surface area contributed by atoms with Crippen LogP contribution in [0.5, 0.6) is 0 Å². The summed E-state index contributed by atoms with van der Waals surface area (Å²) in [6, 6.07) is 11.4. The Morgan fingerprint density at radius 1 is 1.09 bits per heavy atom. The second kappa shape index (κ2) is 10.0. The molecular formula is C23H25ClN2O6S. The number of halogens is 1. The van der Waals surface area contributed by atoms with Crippen molar-refractivity contribution in [1.82, 2.24) is 9.21 Å². The number of hydrogen-bond donors (Lipinski definition) is 1. The highest BCUT2D eigenvalue weighted by Crippen LogP contribution is 2.39. The minimum atomic E-state index is -3.66. The zero-order valence-electron chi connectivity index (χ0n) is 18.5. The molecule has 0 unspecified atom stereocenters. The number of rotatable bonds is 8. The van der Waals surface area contributed by atoms with Gasteiger partial charge in [0.25, 0.3) is 11.7 Å². The van der Waals surface area contributed by atoms with E-state index >= 15 is 0 Å². The molecule has 10 heteroatoms. The van der Waals surface area contributed by atoms with Crippen molar-refractivity contribution in [1.29, 1.82) is 0 Å². The number of ether oxygens (including phenoxy) is 1. The van der Waals surface area contributed by atoms with E-state index in [1.54, 1.807) is 31.4 Å². The summed E-state index contributed by atoms with van der Waals surface area (Å²) in [7, 11) is 0.725. The number of hydrogen-bond acceptors (Lipinski definition) is 6. The fraction of sp³-hybridized carbons (Fsp3) is 0.304. The number of sulfonamides is 1. The number of benzene rings is 2. The second-order valence-electron chi connectivity index (χ2n) is 7.70. The average molecular weight is 493 g/mol. The van der Waals surface area contributed by atoms with Crippen LogP contribution < -0.4 is 0 Å². The second-order valence-corrected chi connectivity index (χ2v) is 10.3. The van der Waals surface area contributed by atoms with Crippen LogP contribution in [0.15, 0.2) is 59.0 Å². The molecule has 1 saturated heterocycles. The van der Waals surface area contributed by atoms with E-state index in [-0.39, 0.29) is 28.3 Å². The third-order valence-electron chi connectivity index (χ3n) is 5.38. The van der Waals surface area contributed by atoms with Crippen LogP contribution >= 0.6 is 11.6 Å². The molecule has 1 fully saturated rings. The average Bonchev–Trinajstić information content (AvgIpc) is 3.04. The van der Waals surface area contributed by atoms with E-state index in [0.29, 0.717) is 23.6 Å². The number of likely N-dealkylation sites (tertiary alicyclic amines) is 1. The maximum absolute atomic E-state index is 13.0. The van der Waals surface area contributed by atoms with E-state index in [0.717, 1.165) is 4.31 Å². The summed E-state index contributed by atoms with van der Waals surface area (Å²) in [5, 5.41) is 11.5. The Labute approximate surface area is 198 Å². The molecule has 0 bridgehead atoms. The number of aliphatic hydroxyl groups excluding tert-OH is 1. The molecule has 3 rings (SSSR count). The highest BCUT2D eigenvalue weighted by molar-refractivity contribution is 7.89. The van der Waals surface area contributed by atoms with E-state index in [1.165, 1.54) is 43.3 Å². The van der Waals surface area contributed by atoms with Crippen LogP contribution in [0.3, 0.4) is 0 Å². The van der Waals surface area contributed by atoms with Gasteiger partial charge in [-0.1, -0.05) is 23.7 Å². The van der Waals surface area contributed by atoms with Gasteiger partial charge in [-0.2, -0.15) is 0 Å². The summed E-state index contributed by atoms with van der Waals surface area (Å²) in [6.45, 7) is 0.653. The molecule has 2 aromatic rings. The van der Waals surface area contributed by atoms with Gasteiger partial charge in [0.05, 0.1) is 16.5 Å². The third kappa shape index (κ3) is 4.96. The number of carbonyl (C=O) groups excluding carboxylic acids is 2. The minimum Gasteiger partial charge on any atom is -0.507 e. The summed E-state index contributed by atoms with van der Waals surface area (Å²) in [5.41, 5.74) is 0.772. The van der Waals surface area contributed by atoms with Gasteiger partial charge in [-0.15, -0.1) is 0 Å². The number of nitrogens with zero attached hydrogens (tertiary/aromatic N) is 2. The highest BCUT2D eigenvalue weighted by Gasteiger charge is 2.45. The summed E-state index contributed by atoms with van der Waals surface area (Å²) in [4.78, 5) is 27.2. The first-order valence-electron chi connectivity index (χ1n) is 10.2. The summed E-state index contributed by atoms with van der Waals surface area (Å²) in [6.07, 6.45) is 0.505. The van der Waals surface area contributed by atoms with Gasteiger partial charge in [0, 0.05) is 44.9 Å². The van der Waals surface area contributed by atoms with Crippen LogP contribution in [0, 0.1) is 0 Å². The Bertz CT molecular complexity index is 1170. The molecule has 1 heterocycles. The largest absolute Gasteiger partial charge is 0.507 e. The van der Waals surface area contributed by atoms with Crippen molar-refractivity contribution in [2.24, 2.45) is 0 Å². The molecule has 0 spiro atoms. The number of carbonyl (C=O) groups is 2. The SMILES string of the molecule is COCCCN1C(=O)C(=O)C(=C(O)c2ccc(S(=O)(=O)N(C)C)cc2)[C@@H]1c1ccc(Cl)cc1. The normalized spacial score (nSPS) is 18.3. The summed E-state index contributed by atoms with van der Waals surface area (Å²) >= 11 is 6.01. The standard InChI is InChI=1S/C23H25ClN2O6S/c1-25(2)33(30,31)18-11-7-16(8-12-18)21(27)19-20(15-5-9-17(24)10-6-15)26(13-4-14-32-3)23(29)22(19)28/h5-12,20,27H,4,13-14H2,1-3H3/t20-/m0/s1. The molecule has 1 amide bonds. The molecule has 0 aromatic heterocycles. The van der Waals surface area contributed by atoms with Crippen molar-refractivity contribution >= 4 is 39.1 Å². The van der Waals surface area contributed by atoms with Gasteiger partial charge in [-0.05, 0) is 48.4 Å². The monoisotopic (exact) mass is 492 g/mol. The molecule has 1 N–H and O–H groups in total. The van der Waals surface area contributed by atoms with Crippen molar-refractivity contribution in [3.05, 3.63) is 70.3 Å². The van der Waals surface area contributed by atoms with Crippen molar-refractivity contribution < 1.29 is 27.9 Å². The van der Waals surface area contributed by atoms with Gasteiger partial charge in [0.1, 0.15) is 5.76 Å². The topological polar surface area (TPSA) is 104 Å². The quantitative estimate of drug-likeness (QED) is 0.263. The summed E-state index contributed by atoms with van der Waals surface area (Å²) in [5.74, 6) is -1.91. The number of Topliss-reactive ketones (excluding diaryl/α,β-unsaturated/α-hetero) is 1. The Morgan fingerprint density at radius 2 is 1.70 bits per heavy atom. The zero-order valence-corrected chi connectivity index (χ0v) is 20.1. The van der Waals surface area contributed by atoms with Crippen LogP contribution in [-0.2, 0) is 24.3 Å². The van der Waals surface area contributed by atoms with Gasteiger partial charge in [-0.25, -0.2) is 12.7 Å². The van der Waals surface area contributed by atoms with Crippen LogP contribution in [-0.4, -0.2) is 68.8 Å². The molecule has 176 valence electrons. The first kappa shape index (κ1) is 24.9. The predicted octanol–water partition coefficient (Wildman–Crippen LogP) is 3.05. The fourth-order valence-corrected chi connectivity index (χ4v) is 4.66. The van der Waals surface area contributed by atoms with Crippen molar-refractivity contribution in [3.8, 4) is 0 Å². The molecule has 33 heavy (non-hydrogen) atoms. The van der Waals surface area contributed by atoms with Crippen molar-refractivity contribution in [2.75, 3.05) is 34.4 Å². The lowest BCUT2D eigenvalue weighted by Gasteiger charge is -2.25. The molecular weight excluding hydrogens is 468 g/mol. The van der Waals surface area contributed by atoms with Crippen molar-refractivity contribution in [3.63, 3.8) is 0 Å². The molecule has 1 atom stereocenters. The molecule has 0 radical (unpaired) electrons. The van der Waals surface area contributed by atoms with Crippen molar-refractivity contribution in [2.45, 2.75) is 17.4 Å². The minimum absolute atomic E-state index is 0.0401. The van der Waals surface area contributed by atoms with Crippen LogP contribution in [0.1, 0.15) is 23.6 Å². The van der Waals surface area contributed by atoms with Crippen LogP contribution in [0.4, 0.5) is 0 Å². The number of amides is 1. The molecule has 8 nitrogen and oxygen atoms in total. The first-order valence-corrected chi connectivity index (χ1v) is 12.0. The molecule has 1 aliphatic heterocycles.